The predicted octanol–water partition coefficient (Wildman–Crippen LogP) is 0.706. The summed E-state index contributed by atoms with van der Waals surface area (Å²) in [5.41, 5.74) is 4.50. The van der Waals surface area contributed by atoms with E-state index in [9.17, 15) is 9.59 Å². The minimum absolute atomic E-state index is 0.102. The van der Waals surface area contributed by atoms with Crippen molar-refractivity contribution in [1.29, 1.82) is 0 Å². The van der Waals surface area contributed by atoms with Crippen LogP contribution >= 0.6 is 11.8 Å². The van der Waals surface area contributed by atoms with Crippen LogP contribution in [0.1, 0.15) is 33.6 Å². The van der Waals surface area contributed by atoms with Gasteiger partial charge in [-0.05, 0) is 39.0 Å². The third-order valence-electron chi connectivity index (χ3n) is 1.53. The molecule has 0 aliphatic rings. The molecule has 0 saturated carbocycles. The van der Waals surface area contributed by atoms with Gasteiger partial charge in [-0.15, -0.1) is 0 Å². The summed E-state index contributed by atoms with van der Waals surface area (Å²) in [4.78, 5) is 24.2. The smallest absolute Gasteiger partial charge is 0.306 e. The van der Waals surface area contributed by atoms with Crippen LogP contribution < -0.4 is 10.6 Å². The summed E-state index contributed by atoms with van der Waals surface area (Å²) in [6.45, 7) is 5.32. The first-order chi connectivity index (χ1) is 6.76. The maximum atomic E-state index is 11.3. The Morgan fingerprint density at radius 1 is 1.47 bits per heavy atom. The Kier molecular flexibility index (Phi) is 5.60. The van der Waals surface area contributed by atoms with Gasteiger partial charge in [-0.1, -0.05) is 0 Å². The summed E-state index contributed by atoms with van der Waals surface area (Å²) in [6.07, 6.45) is 0.332. The van der Waals surface area contributed by atoms with E-state index in [0.29, 0.717) is 0 Å². The molecule has 0 aliphatic carbocycles. The van der Waals surface area contributed by atoms with E-state index in [1.807, 2.05) is 0 Å². The monoisotopic (exact) mass is 236 g/mol. The average molecular weight is 237 g/mol. The van der Waals surface area contributed by atoms with Crippen LogP contribution in [0.5, 0.6) is 0 Å². The van der Waals surface area contributed by atoms with Crippen molar-refractivity contribution in [1.82, 2.24) is 4.84 Å². The fourth-order valence-corrected chi connectivity index (χ4v) is 1.12. The van der Waals surface area contributed by atoms with Gasteiger partial charge in [0.25, 0.3) is 0 Å². The fourth-order valence-electron chi connectivity index (χ4n) is 0.905. The minimum atomic E-state index is -0.709. The summed E-state index contributed by atoms with van der Waals surface area (Å²) in [6, 6.07) is -0.709. The maximum Gasteiger partial charge on any atom is 0.306 e. The summed E-state index contributed by atoms with van der Waals surface area (Å²) in [5.74, 6) is -0.964. The van der Waals surface area contributed by atoms with Crippen molar-refractivity contribution in [3.05, 3.63) is 0 Å². The number of halogens is 1. The molecule has 0 saturated heterocycles. The zero-order valence-electron chi connectivity index (χ0n) is 9.17. The van der Waals surface area contributed by atoms with Gasteiger partial charge in [0.1, 0.15) is 11.6 Å². The first kappa shape index (κ1) is 14.2. The first-order valence-electron chi connectivity index (χ1n) is 4.63. The molecule has 1 atom stereocenters. The number of ether oxygens (including phenoxy) is 1. The molecular formula is C9H17ClN2O3. The third kappa shape index (κ3) is 7.16. The van der Waals surface area contributed by atoms with Crippen molar-refractivity contribution in [3.8, 4) is 0 Å². The third-order valence-corrected chi connectivity index (χ3v) is 1.80. The van der Waals surface area contributed by atoms with Crippen molar-refractivity contribution in [2.24, 2.45) is 5.73 Å². The summed E-state index contributed by atoms with van der Waals surface area (Å²) in [7, 11) is 0. The Labute approximate surface area is 94.4 Å². The van der Waals surface area contributed by atoms with Gasteiger partial charge in [0.2, 0.25) is 5.91 Å². The van der Waals surface area contributed by atoms with Gasteiger partial charge in [-0.3, -0.25) is 9.59 Å². The molecule has 0 heterocycles. The molecule has 88 valence electrons. The zero-order valence-corrected chi connectivity index (χ0v) is 9.93. The molecular weight excluding hydrogens is 220 g/mol. The fraction of sp³-hybridized carbons (Fsp3) is 0.778. The van der Waals surface area contributed by atoms with E-state index in [1.165, 1.54) is 0 Å². The highest BCUT2D eigenvalue weighted by molar-refractivity contribution is 6.15. The number of esters is 1. The van der Waals surface area contributed by atoms with Crippen LogP contribution in [0, 0.1) is 0 Å². The standard InChI is InChI=1S/C9H17ClN2O3/c1-9(2,3)15-7(13)5-4-6(12-10)8(11)14/h6,12H,4-5H2,1-3H3,(H2,11,14)/t6-/m0/s1. The highest BCUT2D eigenvalue weighted by Crippen LogP contribution is 2.10. The van der Waals surface area contributed by atoms with Crippen LogP contribution in [0.25, 0.3) is 0 Å². The normalized spacial score (nSPS) is 13.3. The molecule has 0 aromatic carbocycles. The lowest BCUT2D eigenvalue weighted by molar-refractivity contribution is -0.155. The SMILES string of the molecule is CC(C)(C)OC(=O)CC[C@H](NCl)C(N)=O. The van der Waals surface area contributed by atoms with Crippen molar-refractivity contribution in [2.45, 2.75) is 45.3 Å². The van der Waals surface area contributed by atoms with E-state index in [1.54, 1.807) is 20.8 Å². The Hall–Kier alpha value is -0.810. The molecule has 0 spiro atoms. The first-order valence-corrected chi connectivity index (χ1v) is 5.01. The molecule has 5 nitrogen and oxygen atoms in total. The Morgan fingerprint density at radius 3 is 2.33 bits per heavy atom. The van der Waals surface area contributed by atoms with Crippen LogP contribution in [0.2, 0.25) is 0 Å². The average Bonchev–Trinajstić information content (AvgIpc) is 2.01. The number of hydrogen-bond donors (Lipinski definition) is 2. The molecule has 15 heavy (non-hydrogen) atoms. The molecule has 0 aromatic heterocycles. The highest BCUT2D eigenvalue weighted by atomic mass is 35.5. The van der Waals surface area contributed by atoms with Crippen molar-refractivity contribution in [2.75, 3.05) is 0 Å². The molecule has 0 unspecified atom stereocenters. The number of amides is 1. The van der Waals surface area contributed by atoms with E-state index >= 15 is 0 Å². The van der Waals surface area contributed by atoms with E-state index in [2.05, 4.69) is 4.84 Å². The molecule has 6 heteroatoms. The number of nitrogens with two attached hydrogens (primary N) is 1. The van der Waals surface area contributed by atoms with E-state index in [0.717, 1.165) is 0 Å². The highest BCUT2D eigenvalue weighted by Gasteiger charge is 2.19. The van der Waals surface area contributed by atoms with Crippen molar-refractivity contribution < 1.29 is 14.3 Å². The van der Waals surface area contributed by atoms with E-state index in [4.69, 9.17) is 22.2 Å². The molecule has 3 N–H and O–H groups in total. The number of carbonyl (C=O) groups is 2. The largest absolute Gasteiger partial charge is 0.460 e. The number of rotatable bonds is 5. The summed E-state index contributed by atoms with van der Waals surface area (Å²) < 4.78 is 5.05. The van der Waals surface area contributed by atoms with E-state index in [-0.39, 0.29) is 18.8 Å². The molecule has 0 bridgehead atoms. The minimum Gasteiger partial charge on any atom is -0.460 e. The molecule has 0 radical (unpaired) electrons. The predicted molar refractivity (Wildman–Crippen MR) is 57.1 cm³/mol. The zero-order chi connectivity index (χ0) is 12.1. The Morgan fingerprint density at radius 2 is 2.00 bits per heavy atom. The number of carbonyl (C=O) groups excluding carboxylic acids is 2. The van der Waals surface area contributed by atoms with Gasteiger partial charge in [-0.25, -0.2) is 4.84 Å². The van der Waals surface area contributed by atoms with Gasteiger partial charge < -0.3 is 10.5 Å². The molecule has 0 fully saturated rings. The van der Waals surface area contributed by atoms with Gasteiger partial charge in [0.05, 0.1) is 0 Å². The number of nitrogens with one attached hydrogen (secondary N) is 1. The van der Waals surface area contributed by atoms with Crippen LogP contribution in [0.15, 0.2) is 0 Å². The number of primary amides is 1. The Bertz CT molecular complexity index is 238. The molecule has 1 amide bonds. The van der Waals surface area contributed by atoms with Crippen molar-refractivity contribution in [3.63, 3.8) is 0 Å². The topological polar surface area (TPSA) is 81.4 Å². The lowest BCUT2D eigenvalue weighted by Crippen LogP contribution is -2.37. The molecule has 0 aliphatic heterocycles. The second-order valence-corrected chi connectivity index (χ2v) is 4.41. The van der Waals surface area contributed by atoms with Crippen LogP contribution in [-0.4, -0.2) is 23.5 Å². The van der Waals surface area contributed by atoms with Crippen LogP contribution in [0.3, 0.4) is 0 Å². The van der Waals surface area contributed by atoms with Gasteiger partial charge in [0.15, 0.2) is 0 Å². The molecule has 0 rings (SSSR count). The van der Waals surface area contributed by atoms with Crippen LogP contribution in [0.4, 0.5) is 0 Å². The maximum absolute atomic E-state index is 11.3. The van der Waals surface area contributed by atoms with Gasteiger partial charge >= 0.3 is 5.97 Å². The van der Waals surface area contributed by atoms with Crippen molar-refractivity contribution >= 4 is 23.7 Å². The second-order valence-electron chi connectivity index (χ2n) is 4.19. The molecule has 0 aromatic rings. The van der Waals surface area contributed by atoms with E-state index < -0.39 is 17.6 Å². The second kappa shape index (κ2) is 5.92. The Balaban J connectivity index is 3.94. The quantitative estimate of drug-likeness (QED) is 0.544. The van der Waals surface area contributed by atoms with Gasteiger partial charge in [-0.2, -0.15) is 0 Å². The lowest BCUT2D eigenvalue weighted by atomic mass is 10.1. The summed E-state index contributed by atoms with van der Waals surface area (Å²) >= 11 is 5.28. The number of hydrogen-bond acceptors (Lipinski definition) is 4. The summed E-state index contributed by atoms with van der Waals surface area (Å²) in [5, 5.41) is 0. The lowest BCUT2D eigenvalue weighted by Gasteiger charge is -2.20. The van der Waals surface area contributed by atoms with Gasteiger partial charge in [0, 0.05) is 6.42 Å². The van der Waals surface area contributed by atoms with Crippen LogP contribution in [-0.2, 0) is 14.3 Å².